The number of esters is 1. The average Bonchev–Trinajstić information content (AvgIpc) is 2.71. The fraction of sp³-hybridized carbons (Fsp3) is 0.889. The summed E-state index contributed by atoms with van der Waals surface area (Å²) in [6, 6.07) is 0. The summed E-state index contributed by atoms with van der Waals surface area (Å²) in [6.45, 7) is 6.86. The normalized spacial score (nSPS) is 22.1. The van der Waals surface area contributed by atoms with Gasteiger partial charge in [-0.25, -0.2) is 0 Å². The molecular weight excluding hydrogens is 156 g/mol. The summed E-state index contributed by atoms with van der Waals surface area (Å²) in [4.78, 5) is 11.4. The number of hydrogen-bond donors (Lipinski definition) is 0. The third-order valence-electron chi connectivity index (χ3n) is 1.97. The zero-order valence-corrected chi connectivity index (χ0v) is 7.92. The van der Waals surface area contributed by atoms with E-state index in [-0.39, 0.29) is 12.1 Å². The van der Waals surface area contributed by atoms with E-state index in [2.05, 4.69) is 0 Å². The highest BCUT2D eigenvalue weighted by Gasteiger charge is 2.37. The Kier molecular flexibility index (Phi) is 2.73. The molecule has 1 fully saturated rings. The molecule has 70 valence electrons. The number of ether oxygens (including phenoxy) is 2. The van der Waals surface area contributed by atoms with Crippen molar-refractivity contribution in [2.75, 3.05) is 13.2 Å². The van der Waals surface area contributed by atoms with E-state index in [4.69, 9.17) is 9.47 Å². The molecule has 1 atom stereocenters. The van der Waals surface area contributed by atoms with Crippen molar-refractivity contribution in [3.05, 3.63) is 0 Å². The molecule has 3 nitrogen and oxygen atoms in total. The van der Waals surface area contributed by atoms with Gasteiger partial charge in [-0.15, -0.1) is 0 Å². The standard InChI is InChI=1S/C9H16O3/c1-4-11-8(10)9(2,3)5-7-6-12-7/h7H,4-6H2,1-3H3. The Morgan fingerprint density at radius 3 is 2.67 bits per heavy atom. The van der Waals surface area contributed by atoms with Gasteiger partial charge in [-0.05, 0) is 27.2 Å². The summed E-state index contributed by atoms with van der Waals surface area (Å²) in [6.07, 6.45) is 1.05. The molecule has 0 radical (unpaired) electrons. The van der Waals surface area contributed by atoms with Crippen LogP contribution in [0.5, 0.6) is 0 Å². The smallest absolute Gasteiger partial charge is 0.311 e. The predicted molar refractivity (Wildman–Crippen MR) is 44.8 cm³/mol. The molecule has 1 rings (SSSR count). The summed E-state index contributed by atoms with van der Waals surface area (Å²) in [5.41, 5.74) is -0.392. The number of carbonyl (C=O) groups is 1. The van der Waals surface area contributed by atoms with E-state index in [9.17, 15) is 4.79 Å². The first-order chi connectivity index (χ1) is 5.56. The van der Waals surface area contributed by atoms with Crippen LogP contribution in [-0.4, -0.2) is 25.3 Å². The van der Waals surface area contributed by atoms with Gasteiger partial charge in [-0.1, -0.05) is 0 Å². The number of rotatable bonds is 4. The van der Waals surface area contributed by atoms with Crippen molar-refractivity contribution in [3.63, 3.8) is 0 Å². The van der Waals surface area contributed by atoms with Crippen molar-refractivity contribution in [3.8, 4) is 0 Å². The van der Waals surface area contributed by atoms with Crippen LogP contribution in [0.4, 0.5) is 0 Å². The first-order valence-corrected chi connectivity index (χ1v) is 4.35. The minimum atomic E-state index is -0.392. The van der Waals surface area contributed by atoms with Gasteiger partial charge < -0.3 is 9.47 Å². The van der Waals surface area contributed by atoms with Crippen molar-refractivity contribution < 1.29 is 14.3 Å². The second-order valence-corrected chi connectivity index (χ2v) is 3.76. The van der Waals surface area contributed by atoms with Crippen molar-refractivity contribution in [1.29, 1.82) is 0 Å². The molecule has 0 aromatic heterocycles. The van der Waals surface area contributed by atoms with Crippen LogP contribution < -0.4 is 0 Å². The van der Waals surface area contributed by atoms with Crippen LogP contribution in [0.15, 0.2) is 0 Å². The zero-order chi connectivity index (χ0) is 9.19. The number of epoxide rings is 1. The van der Waals surface area contributed by atoms with Gasteiger partial charge in [0.15, 0.2) is 0 Å². The first kappa shape index (κ1) is 9.52. The molecule has 0 N–H and O–H groups in total. The van der Waals surface area contributed by atoms with Crippen LogP contribution in [0.2, 0.25) is 0 Å². The fourth-order valence-corrected chi connectivity index (χ4v) is 1.16. The maximum atomic E-state index is 11.4. The fourth-order valence-electron chi connectivity index (χ4n) is 1.16. The summed E-state index contributed by atoms with van der Waals surface area (Å²) in [5, 5.41) is 0. The lowest BCUT2D eigenvalue weighted by atomic mass is 9.88. The second kappa shape index (κ2) is 3.44. The van der Waals surface area contributed by atoms with Crippen LogP contribution in [0.1, 0.15) is 27.2 Å². The van der Waals surface area contributed by atoms with Gasteiger partial charge in [0.25, 0.3) is 0 Å². The van der Waals surface area contributed by atoms with Crippen molar-refractivity contribution >= 4 is 5.97 Å². The van der Waals surface area contributed by atoms with Gasteiger partial charge >= 0.3 is 5.97 Å². The molecule has 0 aliphatic carbocycles. The molecule has 1 saturated heterocycles. The van der Waals surface area contributed by atoms with Gasteiger partial charge in [-0.2, -0.15) is 0 Å². The Bertz CT molecular complexity index is 171. The molecule has 0 bridgehead atoms. The third-order valence-corrected chi connectivity index (χ3v) is 1.97. The minimum Gasteiger partial charge on any atom is -0.466 e. The molecule has 0 aromatic carbocycles. The van der Waals surface area contributed by atoms with E-state index in [0.717, 1.165) is 13.0 Å². The zero-order valence-electron chi connectivity index (χ0n) is 7.92. The Morgan fingerprint density at radius 1 is 1.67 bits per heavy atom. The lowest BCUT2D eigenvalue weighted by molar-refractivity contribution is -0.154. The van der Waals surface area contributed by atoms with Gasteiger partial charge in [0.05, 0.1) is 24.7 Å². The molecule has 0 aromatic rings. The van der Waals surface area contributed by atoms with Gasteiger partial charge in [0.2, 0.25) is 0 Å². The highest BCUT2D eigenvalue weighted by molar-refractivity contribution is 5.75. The molecule has 12 heavy (non-hydrogen) atoms. The lowest BCUT2D eigenvalue weighted by Gasteiger charge is -2.20. The van der Waals surface area contributed by atoms with Gasteiger partial charge in [-0.3, -0.25) is 4.79 Å². The maximum absolute atomic E-state index is 11.4. The molecular formula is C9H16O3. The van der Waals surface area contributed by atoms with Crippen LogP contribution in [0.3, 0.4) is 0 Å². The van der Waals surface area contributed by atoms with Crippen molar-refractivity contribution in [2.24, 2.45) is 5.41 Å². The summed E-state index contributed by atoms with van der Waals surface area (Å²) in [7, 11) is 0. The molecule has 1 aliphatic rings. The van der Waals surface area contributed by atoms with Crippen LogP contribution in [0.25, 0.3) is 0 Å². The largest absolute Gasteiger partial charge is 0.466 e. The summed E-state index contributed by atoms with van der Waals surface area (Å²) in [5.74, 6) is -0.125. The summed E-state index contributed by atoms with van der Waals surface area (Å²) < 4.78 is 10.0. The predicted octanol–water partition coefficient (Wildman–Crippen LogP) is 1.36. The SMILES string of the molecule is CCOC(=O)C(C)(C)CC1CO1. The van der Waals surface area contributed by atoms with Crippen molar-refractivity contribution in [1.82, 2.24) is 0 Å². The molecule has 1 heterocycles. The van der Waals surface area contributed by atoms with E-state index < -0.39 is 5.41 Å². The number of carbonyl (C=O) groups excluding carboxylic acids is 1. The highest BCUT2D eigenvalue weighted by atomic mass is 16.6. The Labute approximate surface area is 73.0 Å². The van der Waals surface area contributed by atoms with Crippen LogP contribution >= 0.6 is 0 Å². The van der Waals surface area contributed by atoms with E-state index in [0.29, 0.717) is 6.61 Å². The molecule has 0 amide bonds. The van der Waals surface area contributed by atoms with E-state index in [1.165, 1.54) is 0 Å². The maximum Gasteiger partial charge on any atom is 0.311 e. The Morgan fingerprint density at radius 2 is 2.25 bits per heavy atom. The third kappa shape index (κ3) is 2.48. The highest BCUT2D eigenvalue weighted by Crippen LogP contribution is 2.30. The van der Waals surface area contributed by atoms with Gasteiger partial charge in [0.1, 0.15) is 0 Å². The van der Waals surface area contributed by atoms with E-state index in [1.54, 1.807) is 0 Å². The Balaban J connectivity index is 2.38. The molecule has 0 spiro atoms. The molecule has 1 aliphatic heterocycles. The average molecular weight is 172 g/mol. The number of hydrogen-bond acceptors (Lipinski definition) is 3. The minimum absolute atomic E-state index is 0.125. The molecule has 3 heteroatoms. The second-order valence-electron chi connectivity index (χ2n) is 3.76. The molecule has 0 saturated carbocycles. The monoisotopic (exact) mass is 172 g/mol. The topological polar surface area (TPSA) is 38.8 Å². The van der Waals surface area contributed by atoms with E-state index >= 15 is 0 Å². The van der Waals surface area contributed by atoms with Crippen LogP contribution in [-0.2, 0) is 14.3 Å². The van der Waals surface area contributed by atoms with E-state index in [1.807, 2.05) is 20.8 Å². The molecule has 1 unspecified atom stereocenters. The van der Waals surface area contributed by atoms with Gasteiger partial charge in [0, 0.05) is 0 Å². The first-order valence-electron chi connectivity index (χ1n) is 4.35. The quantitative estimate of drug-likeness (QED) is 0.475. The lowest BCUT2D eigenvalue weighted by Crippen LogP contribution is -2.28. The Hall–Kier alpha value is -0.570. The van der Waals surface area contributed by atoms with Crippen molar-refractivity contribution in [2.45, 2.75) is 33.3 Å². The summed E-state index contributed by atoms with van der Waals surface area (Å²) >= 11 is 0. The van der Waals surface area contributed by atoms with Crippen LogP contribution in [0, 0.1) is 5.41 Å².